The van der Waals surface area contributed by atoms with Gasteiger partial charge in [0, 0.05) is 17.9 Å². The number of likely N-dealkylation sites (N-methyl/N-ethyl adjacent to an activating group) is 1. The van der Waals surface area contributed by atoms with Crippen molar-refractivity contribution >= 4 is 11.8 Å². The maximum absolute atomic E-state index is 12.5. The van der Waals surface area contributed by atoms with Crippen LogP contribution in [0.25, 0.3) is 0 Å². The minimum atomic E-state index is -0.177. The van der Waals surface area contributed by atoms with Gasteiger partial charge < -0.3 is 21.6 Å². The van der Waals surface area contributed by atoms with E-state index in [1.54, 1.807) is 6.08 Å². The Hall–Kier alpha value is -1.13. The Kier molecular flexibility index (Phi) is 6.85. The monoisotopic (exact) mass is 449 g/mol. The molecule has 5 heteroatoms. The quantitative estimate of drug-likeness (QED) is 0.372. The summed E-state index contributed by atoms with van der Waals surface area (Å²) in [5.41, 5.74) is 1.74. The normalized spacial score (nSPS) is 39.8. The van der Waals surface area contributed by atoms with E-state index in [0.29, 0.717) is 30.0 Å². The number of quaternary nitrogens is 1. The lowest BCUT2D eigenvalue weighted by Crippen LogP contribution is -3.00. The largest absolute Gasteiger partial charge is 1.00 e. The molecule has 3 fully saturated rings. The highest BCUT2D eigenvalue weighted by atomic mass is 35.5. The molecule has 0 bridgehead atoms. The number of nitrogens with zero attached hydrogens (tertiary/aromatic N) is 1. The Bertz CT molecular complexity index is 782. The summed E-state index contributed by atoms with van der Waals surface area (Å²) in [5.74, 6) is 2.18. The molecule has 0 N–H and O–H groups in total. The van der Waals surface area contributed by atoms with Gasteiger partial charge in [-0.25, -0.2) is 4.79 Å². The lowest BCUT2D eigenvalue weighted by atomic mass is 9.47. The Morgan fingerprint density at radius 2 is 1.84 bits per heavy atom. The summed E-state index contributed by atoms with van der Waals surface area (Å²) in [7, 11) is 6.35. The Morgan fingerprint density at radius 1 is 1.10 bits per heavy atom. The van der Waals surface area contributed by atoms with Crippen molar-refractivity contribution < 1.29 is 31.2 Å². The first-order chi connectivity index (χ1) is 14.0. The molecule has 0 heterocycles. The topological polar surface area (TPSA) is 43.4 Å². The van der Waals surface area contributed by atoms with Crippen molar-refractivity contribution in [3.8, 4) is 0 Å². The van der Waals surface area contributed by atoms with Crippen LogP contribution >= 0.6 is 0 Å². The number of allylic oxidation sites excluding steroid dienone is 1. The van der Waals surface area contributed by atoms with Gasteiger partial charge in [-0.2, -0.15) is 0 Å². The van der Waals surface area contributed by atoms with E-state index in [1.807, 2.05) is 12.2 Å². The van der Waals surface area contributed by atoms with Crippen LogP contribution in [0.3, 0.4) is 0 Å². The number of halogens is 1. The fourth-order valence-electron chi connectivity index (χ4n) is 7.35. The Balaban J connectivity index is 0.00000272. The highest BCUT2D eigenvalue weighted by Crippen LogP contribution is 2.65. The van der Waals surface area contributed by atoms with Crippen LogP contribution in [0.1, 0.15) is 65.2 Å². The molecule has 0 radical (unpaired) electrons. The second-order valence-electron chi connectivity index (χ2n) is 11.9. The van der Waals surface area contributed by atoms with Gasteiger partial charge in [-0.05, 0) is 80.3 Å². The van der Waals surface area contributed by atoms with Crippen LogP contribution in [0.4, 0.5) is 0 Å². The summed E-state index contributed by atoms with van der Waals surface area (Å²) in [4.78, 5) is 24.5. The molecule has 31 heavy (non-hydrogen) atoms. The standard InChI is InChI=1S/C26H40NO3.ClH/c1-25-14-12-19(28)17-18(25)8-9-20-21-10-11-23(26(21,2)15-13-22(20)25)30-24(29)7-6-16-27(3,4)5;/h6-7,17,20-23H,8-16H2,1-5H3;1H/q+1;/p-1/b7-6+;/t20-,21-,22-,23-,25-,26-;/m0./s1. The van der Waals surface area contributed by atoms with E-state index in [2.05, 4.69) is 35.0 Å². The van der Waals surface area contributed by atoms with Gasteiger partial charge >= 0.3 is 5.97 Å². The smallest absolute Gasteiger partial charge is 0.330 e. The average molecular weight is 450 g/mol. The van der Waals surface area contributed by atoms with Crippen molar-refractivity contribution in [2.24, 2.45) is 28.6 Å². The molecule has 0 unspecified atom stereocenters. The molecule has 174 valence electrons. The number of ether oxygens (including phenoxy) is 1. The van der Waals surface area contributed by atoms with E-state index in [9.17, 15) is 9.59 Å². The predicted molar refractivity (Wildman–Crippen MR) is 119 cm³/mol. The van der Waals surface area contributed by atoms with E-state index in [-0.39, 0.29) is 35.3 Å². The molecule has 0 aromatic rings. The van der Waals surface area contributed by atoms with Crippen molar-refractivity contribution in [1.29, 1.82) is 0 Å². The van der Waals surface area contributed by atoms with E-state index >= 15 is 0 Å². The van der Waals surface area contributed by atoms with E-state index in [0.717, 1.165) is 36.7 Å². The zero-order chi connectivity index (χ0) is 21.7. The molecule has 0 aromatic carbocycles. The maximum Gasteiger partial charge on any atom is 0.330 e. The van der Waals surface area contributed by atoms with Crippen molar-refractivity contribution in [3.05, 3.63) is 23.8 Å². The van der Waals surface area contributed by atoms with Gasteiger partial charge in [0.25, 0.3) is 0 Å². The van der Waals surface area contributed by atoms with Crippen molar-refractivity contribution in [1.82, 2.24) is 0 Å². The second kappa shape index (κ2) is 8.67. The summed E-state index contributed by atoms with van der Waals surface area (Å²) in [6.07, 6.45) is 14.1. The molecule has 0 aliphatic heterocycles. The first-order valence-electron chi connectivity index (χ1n) is 11.9. The van der Waals surface area contributed by atoms with Crippen LogP contribution in [0.2, 0.25) is 0 Å². The number of carbonyl (C=O) groups excluding carboxylic acids is 2. The van der Waals surface area contributed by atoms with Gasteiger partial charge in [0.2, 0.25) is 0 Å². The molecule has 4 aliphatic carbocycles. The van der Waals surface area contributed by atoms with Crippen LogP contribution in [0, 0.1) is 28.6 Å². The number of fused-ring (bicyclic) bond motifs is 5. The molecule has 0 spiro atoms. The fraction of sp³-hybridized carbons (Fsp3) is 0.769. The van der Waals surface area contributed by atoms with Gasteiger partial charge in [-0.1, -0.05) is 19.4 Å². The van der Waals surface area contributed by atoms with Crippen LogP contribution in [-0.4, -0.2) is 50.0 Å². The summed E-state index contributed by atoms with van der Waals surface area (Å²) in [5, 5.41) is 0. The zero-order valence-corrected chi connectivity index (χ0v) is 20.7. The van der Waals surface area contributed by atoms with Crippen LogP contribution in [0.5, 0.6) is 0 Å². The molecule has 0 amide bonds. The fourth-order valence-corrected chi connectivity index (χ4v) is 7.35. The number of ketones is 1. The molecule has 4 rings (SSSR count). The lowest BCUT2D eigenvalue weighted by Gasteiger charge is -2.57. The van der Waals surface area contributed by atoms with Gasteiger partial charge in [0.1, 0.15) is 6.10 Å². The summed E-state index contributed by atoms with van der Waals surface area (Å²) in [6, 6.07) is 0. The molecule has 0 saturated heterocycles. The van der Waals surface area contributed by atoms with Gasteiger partial charge in [0.15, 0.2) is 5.78 Å². The third-order valence-corrected chi connectivity index (χ3v) is 9.04. The summed E-state index contributed by atoms with van der Waals surface area (Å²) in [6.45, 7) is 5.63. The molecule has 3 saturated carbocycles. The minimum Gasteiger partial charge on any atom is -1.00 e. The molecule has 4 nitrogen and oxygen atoms in total. The van der Waals surface area contributed by atoms with Crippen molar-refractivity contribution in [2.75, 3.05) is 27.7 Å². The highest BCUT2D eigenvalue weighted by Gasteiger charge is 2.59. The van der Waals surface area contributed by atoms with E-state index in [4.69, 9.17) is 4.74 Å². The van der Waals surface area contributed by atoms with Crippen LogP contribution in [-0.2, 0) is 14.3 Å². The van der Waals surface area contributed by atoms with Crippen molar-refractivity contribution in [2.45, 2.75) is 71.3 Å². The van der Waals surface area contributed by atoms with Crippen LogP contribution in [0.15, 0.2) is 23.8 Å². The first-order valence-corrected chi connectivity index (χ1v) is 11.9. The number of hydrogen-bond acceptors (Lipinski definition) is 3. The number of carbonyl (C=O) groups is 2. The summed E-state index contributed by atoms with van der Waals surface area (Å²) < 4.78 is 6.84. The third kappa shape index (κ3) is 4.53. The van der Waals surface area contributed by atoms with Crippen molar-refractivity contribution in [3.63, 3.8) is 0 Å². The second-order valence-corrected chi connectivity index (χ2v) is 11.9. The zero-order valence-electron chi connectivity index (χ0n) is 20.0. The first kappa shape index (κ1) is 24.5. The van der Waals surface area contributed by atoms with Gasteiger partial charge in [-0.3, -0.25) is 4.79 Å². The Morgan fingerprint density at radius 3 is 2.55 bits per heavy atom. The molecular weight excluding hydrogens is 410 g/mol. The SMILES string of the molecule is C[C@]12CC[C@H]3[C@@H](CCC4=CC(=O)CC[C@@]43C)[C@@H]1CC[C@@H]2OC(=O)/C=C/C[N+](C)(C)C.[Cl-]. The number of esters is 1. The highest BCUT2D eigenvalue weighted by molar-refractivity contribution is 5.91. The number of hydrogen-bond donors (Lipinski definition) is 0. The minimum absolute atomic E-state index is 0. The molecule has 6 atom stereocenters. The van der Waals surface area contributed by atoms with Crippen LogP contribution < -0.4 is 12.4 Å². The predicted octanol–water partition coefficient (Wildman–Crippen LogP) is 1.70. The molecular formula is C26H40ClNO3. The summed E-state index contributed by atoms with van der Waals surface area (Å²) >= 11 is 0. The lowest BCUT2D eigenvalue weighted by molar-refractivity contribution is -0.864. The van der Waals surface area contributed by atoms with Gasteiger partial charge in [-0.15, -0.1) is 0 Å². The average Bonchev–Trinajstić information content (AvgIpc) is 2.98. The third-order valence-electron chi connectivity index (χ3n) is 9.04. The van der Waals surface area contributed by atoms with E-state index in [1.165, 1.54) is 24.8 Å². The maximum atomic E-state index is 12.5. The molecule has 0 aromatic heterocycles. The Labute approximate surface area is 194 Å². The van der Waals surface area contributed by atoms with Gasteiger partial charge in [0.05, 0.1) is 27.7 Å². The van der Waals surface area contributed by atoms with E-state index < -0.39 is 0 Å². The molecule has 4 aliphatic rings. The number of rotatable bonds is 4.